The standard InChI is InChI=1S/C15H23BN2O4.C13H26B2O4.C9H11BrN2O2.C7H6BrNO3/c1-7-17-12(19)11-8-10(9-18-13(11)20-6)16-21-14(2,3)15(4,5)22-16;1-10(2)11(3,4)17-14(16-10)9-15-18-12(5,6)13(7,8)19-15;1-3-11-8(13)7-4-6(10)5-12-9(7)14-2;1-12-6-5(7(10)11)2-4(8)3-9-6/h8-9H,7H2,1-6H3,(H,17,19);9H2,1-8H3;4-5H,3H2,1-2H3,(H,11,13);2-3H,1H3,(H,10,11). The van der Waals surface area contributed by atoms with Crippen LogP contribution in [0.2, 0.25) is 6.22 Å². The van der Waals surface area contributed by atoms with Crippen molar-refractivity contribution in [2.75, 3.05) is 34.4 Å². The fourth-order valence-electron chi connectivity index (χ4n) is 6.19. The number of aromatic carboxylic acids is 1. The molecule has 3 fully saturated rings. The van der Waals surface area contributed by atoms with E-state index in [4.69, 9.17) is 47.2 Å². The first-order valence-corrected chi connectivity index (χ1v) is 23.3. The minimum atomic E-state index is -1.05. The fraction of sp³-hybridized carbons (Fsp3) is 0.591. The minimum Gasteiger partial charge on any atom is -0.480 e. The number of hydrogen-bond acceptors (Lipinski definition) is 15. The lowest BCUT2D eigenvalue weighted by molar-refractivity contribution is 0.00578. The molecule has 3 aliphatic rings. The Morgan fingerprint density at radius 1 is 0.552 bits per heavy atom. The molecule has 23 heteroatoms. The monoisotopic (exact) mass is 1060 g/mol. The number of carbonyl (C=O) groups is 3. The van der Waals surface area contributed by atoms with Crippen molar-refractivity contribution in [2.24, 2.45) is 0 Å². The van der Waals surface area contributed by atoms with Gasteiger partial charge in [0.25, 0.3) is 11.8 Å². The highest BCUT2D eigenvalue weighted by molar-refractivity contribution is 9.10. The Balaban J connectivity index is 0.000000243. The highest BCUT2D eigenvalue weighted by atomic mass is 79.9. The maximum atomic E-state index is 12.1. The number of pyridine rings is 3. The quantitative estimate of drug-likeness (QED) is 0.165. The topological polar surface area (TPSA) is 217 Å². The Bertz CT molecular complexity index is 2120. The van der Waals surface area contributed by atoms with Gasteiger partial charge in [-0.05, 0) is 147 Å². The van der Waals surface area contributed by atoms with E-state index in [9.17, 15) is 14.4 Å². The summed E-state index contributed by atoms with van der Waals surface area (Å²) in [6, 6.07) is 4.82. The van der Waals surface area contributed by atoms with E-state index in [1.54, 1.807) is 24.5 Å². The molecule has 3 N–H and O–H groups in total. The first-order chi connectivity index (χ1) is 30.9. The number of carboxylic acids is 1. The van der Waals surface area contributed by atoms with Crippen LogP contribution in [0.4, 0.5) is 0 Å². The molecule has 0 radical (unpaired) electrons. The summed E-state index contributed by atoms with van der Waals surface area (Å²) in [6.07, 6.45) is 5.27. The maximum Gasteiger partial charge on any atom is 0.496 e. The van der Waals surface area contributed by atoms with Crippen LogP contribution in [0.1, 0.15) is 128 Å². The van der Waals surface area contributed by atoms with Gasteiger partial charge in [-0.2, -0.15) is 0 Å². The van der Waals surface area contributed by atoms with Crippen LogP contribution in [0.15, 0.2) is 45.7 Å². The van der Waals surface area contributed by atoms with E-state index in [0.717, 1.165) is 4.47 Å². The molecule has 0 spiro atoms. The lowest BCUT2D eigenvalue weighted by Crippen LogP contribution is -2.41. The van der Waals surface area contributed by atoms with E-state index in [1.807, 2.05) is 41.5 Å². The third-order valence-corrected chi connectivity index (χ3v) is 12.9. The summed E-state index contributed by atoms with van der Waals surface area (Å²) in [5.41, 5.74) is -0.550. The average molecular weight is 1070 g/mol. The lowest BCUT2D eigenvalue weighted by Gasteiger charge is -2.32. The van der Waals surface area contributed by atoms with Gasteiger partial charge >= 0.3 is 27.3 Å². The molecule has 0 saturated carbocycles. The third-order valence-electron chi connectivity index (χ3n) is 12.0. The molecule has 0 unspecified atom stereocenters. The number of halogens is 2. The van der Waals surface area contributed by atoms with Gasteiger partial charge in [0, 0.05) is 52.3 Å². The molecule has 67 heavy (non-hydrogen) atoms. The van der Waals surface area contributed by atoms with Crippen molar-refractivity contribution < 1.29 is 61.6 Å². The van der Waals surface area contributed by atoms with Gasteiger partial charge in [0.05, 0.1) is 54.9 Å². The predicted molar refractivity (Wildman–Crippen MR) is 263 cm³/mol. The molecular weight excluding hydrogens is 999 g/mol. The molecule has 368 valence electrons. The van der Waals surface area contributed by atoms with Crippen molar-refractivity contribution in [2.45, 2.75) is 137 Å². The van der Waals surface area contributed by atoms with Gasteiger partial charge in [-0.25, -0.2) is 19.7 Å². The van der Waals surface area contributed by atoms with Crippen LogP contribution in [0.25, 0.3) is 0 Å². The molecule has 0 aliphatic carbocycles. The van der Waals surface area contributed by atoms with Crippen molar-refractivity contribution in [3.8, 4) is 17.6 Å². The maximum absolute atomic E-state index is 12.1. The van der Waals surface area contributed by atoms with Gasteiger partial charge in [-0.15, -0.1) is 0 Å². The molecule has 3 aromatic rings. The van der Waals surface area contributed by atoms with E-state index in [1.165, 1.54) is 33.6 Å². The Morgan fingerprint density at radius 2 is 0.866 bits per heavy atom. The number of methoxy groups -OCH3 is 3. The molecule has 6 rings (SSSR count). The van der Waals surface area contributed by atoms with E-state index in [2.05, 4.69) is 113 Å². The summed E-state index contributed by atoms with van der Waals surface area (Å²) in [7, 11) is 3.23. The number of rotatable bonds is 11. The summed E-state index contributed by atoms with van der Waals surface area (Å²) in [5, 5.41) is 14.1. The largest absolute Gasteiger partial charge is 0.496 e. The Kier molecular flexibility index (Phi) is 19.9. The normalized spacial score (nSPS) is 18.8. The number of ether oxygens (including phenoxy) is 3. The summed E-state index contributed by atoms with van der Waals surface area (Å²) >= 11 is 6.36. The SMILES string of the molecule is CC1(C)OB(CB2OC(C)(C)C(C)(C)O2)OC1(C)C.CCNC(=O)c1cc(B2OC(C)(C)C(C)(C)O2)cnc1OC.CCNC(=O)c1cc(Br)cnc1OC.COc1ncc(Br)cc1C(=O)O. The van der Waals surface area contributed by atoms with E-state index < -0.39 is 24.3 Å². The first-order valence-electron chi connectivity index (χ1n) is 21.7. The van der Waals surface area contributed by atoms with Gasteiger partial charge in [0.15, 0.2) is 0 Å². The highest BCUT2D eigenvalue weighted by Gasteiger charge is 2.57. The number of amides is 2. The van der Waals surface area contributed by atoms with Gasteiger partial charge in [0.1, 0.15) is 16.7 Å². The van der Waals surface area contributed by atoms with Crippen molar-refractivity contribution in [1.29, 1.82) is 0 Å². The molecule has 6 heterocycles. The van der Waals surface area contributed by atoms with Crippen molar-refractivity contribution >= 4 is 76.5 Å². The molecule has 3 aromatic heterocycles. The van der Waals surface area contributed by atoms with E-state index in [0.29, 0.717) is 46.3 Å². The molecule has 3 aliphatic heterocycles. The van der Waals surface area contributed by atoms with Crippen LogP contribution >= 0.6 is 31.9 Å². The summed E-state index contributed by atoms with van der Waals surface area (Å²) in [5.74, 6) is -0.736. The Morgan fingerprint density at radius 3 is 1.21 bits per heavy atom. The molecule has 0 bridgehead atoms. The van der Waals surface area contributed by atoms with Gasteiger partial charge < -0.3 is 57.9 Å². The van der Waals surface area contributed by atoms with E-state index in [-0.39, 0.29) is 65.8 Å². The Hall–Kier alpha value is -3.83. The third kappa shape index (κ3) is 14.6. The van der Waals surface area contributed by atoms with Crippen LogP contribution in [0, 0.1) is 0 Å². The fourth-order valence-corrected chi connectivity index (χ4v) is 6.85. The summed E-state index contributed by atoms with van der Waals surface area (Å²) < 4.78 is 52.1. The highest BCUT2D eigenvalue weighted by Crippen LogP contribution is 2.42. The molecular formula is C44H66B3Br2N5O13. The summed E-state index contributed by atoms with van der Waals surface area (Å²) in [6.45, 7) is 29.2. The van der Waals surface area contributed by atoms with Crippen molar-refractivity contribution in [1.82, 2.24) is 25.6 Å². The number of nitrogens with zero attached hydrogens (tertiary/aromatic N) is 3. The molecule has 0 aromatic carbocycles. The first kappa shape index (κ1) is 57.5. The zero-order valence-electron chi connectivity index (χ0n) is 41.8. The number of carbonyl (C=O) groups excluding carboxylic acids is 2. The van der Waals surface area contributed by atoms with Gasteiger partial charge in [0.2, 0.25) is 17.6 Å². The number of hydrogen-bond donors (Lipinski definition) is 3. The second-order valence-electron chi connectivity index (χ2n) is 18.5. The van der Waals surface area contributed by atoms with E-state index >= 15 is 0 Å². The van der Waals surface area contributed by atoms with Gasteiger partial charge in [-0.1, -0.05) is 0 Å². The smallest absolute Gasteiger partial charge is 0.480 e. The number of nitrogens with one attached hydrogen (secondary N) is 2. The van der Waals surface area contributed by atoms with Crippen LogP contribution in [-0.4, -0.2) is 127 Å². The molecule has 2 amide bonds. The van der Waals surface area contributed by atoms with Crippen LogP contribution in [-0.2, 0) is 27.9 Å². The zero-order valence-corrected chi connectivity index (χ0v) is 44.9. The van der Waals surface area contributed by atoms with Crippen LogP contribution in [0.3, 0.4) is 0 Å². The predicted octanol–water partition coefficient (Wildman–Crippen LogP) is 7.00. The molecule has 3 saturated heterocycles. The summed E-state index contributed by atoms with van der Waals surface area (Å²) in [4.78, 5) is 46.2. The molecule has 0 atom stereocenters. The average Bonchev–Trinajstić information content (AvgIpc) is 3.68. The van der Waals surface area contributed by atoms with Crippen molar-refractivity contribution in [3.63, 3.8) is 0 Å². The molecule has 18 nitrogen and oxygen atoms in total. The minimum absolute atomic E-state index is 0.0480. The van der Waals surface area contributed by atoms with Gasteiger partial charge in [-0.3, -0.25) is 9.59 Å². The second kappa shape index (κ2) is 23.2. The Labute approximate surface area is 413 Å². The number of carboxylic acid groups (broad SMARTS) is 1. The second-order valence-corrected chi connectivity index (χ2v) is 20.3. The lowest BCUT2D eigenvalue weighted by atomic mass is 9.64. The number of aromatic nitrogens is 3. The zero-order chi connectivity index (χ0) is 50.9. The van der Waals surface area contributed by atoms with Crippen LogP contribution < -0.4 is 30.3 Å². The van der Waals surface area contributed by atoms with Crippen molar-refractivity contribution in [3.05, 3.63) is 62.4 Å². The van der Waals surface area contributed by atoms with Crippen LogP contribution in [0.5, 0.6) is 17.6 Å².